The smallest absolute Gasteiger partial charge is 0.493 e. The standard InChI is InChI=1S/C14H21NO4/c1-3-4-5-6-9-18-14(16)19-12-8-7-11(15)10-13(12)17-2/h7-8,10H,3-6,9,15H2,1-2H3. The summed E-state index contributed by atoms with van der Waals surface area (Å²) in [6, 6.07) is 4.79. The molecule has 106 valence electrons. The number of anilines is 1. The van der Waals surface area contributed by atoms with E-state index in [-0.39, 0.29) is 0 Å². The zero-order chi connectivity index (χ0) is 14.1. The van der Waals surface area contributed by atoms with E-state index in [1.54, 1.807) is 18.2 Å². The SMILES string of the molecule is CCCCCCOC(=O)Oc1ccc(N)cc1OC. The maximum absolute atomic E-state index is 11.5. The Bertz CT molecular complexity index is 406. The van der Waals surface area contributed by atoms with Crippen LogP contribution in [-0.2, 0) is 4.74 Å². The Labute approximate surface area is 113 Å². The number of hydrogen-bond acceptors (Lipinski definition) is 5. The third-order valence-corrected chi connectivity index (χ3v) is 2.60. The van der Waals surface area contributed by atoms with Crippen molar-refractivity contribution in [3.63, 3.8) is 0 Å². The third kappa shape index (κ3) is 5.50. The second kappa shape index (κ2) is 8.24. The van der Waals surface area contributed by atoms with Crippen molar-refractivity contribution < 1.29 is 19.0 Å². The van der Waals surface area contributed by atoms with Crippen LogP contribution in [-0.4, -0.2) is 19.9 Å². The molecule has 0 heterocycles. The van der Waals surface area contributed by atoms with Crippen molar-refractivity contribution in [2.45, 2.75) is 32.6 Å². The van der Waals surface area contributed by atoms with Crippen molar-refractivity contribution >= 4 is 11.8 Å². The van der Waals surface area contributed by atoms with Crippen LogP contribution in [0.25, 0.3) is 0 Å². The lowest BCUT2D eigenvalue weighted by molar-refractivity contribution is 0.0962. The average Bonchev–Trinajstić information content (AvgIpc) is 2.40. The molecule has 0 atom stereocenters. The number of unbranched alkanes of at least 4 members (excludes halogenated alkanes) is 3. The van der Waals surface area contributed by atoms with Gasteiger partial charge in [-0.25, -0.2) is 4.79 Å². The van der Waals surface area contributed by atoms with Crippen LogP contribution in [0, 0.1) is 0 Å². The van der Waals surface area contributed by atoms with Gasteiger partial charge in [0.15, 0.2) is 11.5 Å². The van der Waals surface area contributed by atoms with Gasteiger partial charge in [0.25, 0.3) is 0 Å². The second-order valence-electron chi connectivity index (χ2n) is 4.17. The highest BCUT2D eigenvalue weighted by Gasteiger charge is 2.11. The molecule has 0 spiro atoms. The number of carbonyl (C=O) groups excluding carboxylic acids is 1. The third-order valence-electron chi connectivity index (χ3n) is 2.60. The van der Waals surface area contributed by atoms with Crippen LogP contribution in [0.3, 0.4) is 0 Å². The van der Waals surface area contributed by atoms with Gasteiger partial charge in [-0.1, -0.05) is 26.2 Å². The number of hydrogen-bond donors (Lipinski definition) is 1. The summed E-state index contributed by atoms with van der Waals surface area (Å²) < 4.78 is 15.1. The number of carbonyl (C=O) groups is 1. The molecule has 19 heavy (non-hydrogen) atoms. The molecule has 0 aliphatic rings. The van der Waals surface area contributed by atoms with E-state index >= 15 is 0 Å². The zero-order valence-corrected chi connectivity index (χ0v) is 11.5. The van der Waals surface area contributed by atoms with Gasteiger partial charge in [-0.2, -0.15) is 0 Å². The number of nitrogen functional groups attached to an aromatic ring is 1. The topological polar surface area (TPSA) is 70.8 Å². The van der Waals surface area contributed by atoms with Crippen molar-refractivity contribution in [1.29, 1.82) is 0 Å². The maximum atomic E-state index is 11.5. The molecule has 0 radical (unpaired) electrons. The van der Waals surface area contributed by atoms with Gasteiger partial charge < -0.3 is 19.9 Å². The van der Waals surface area contributed by atoms with Crippen LogP contribution in [0.2, 0.25) is 0 Å². The molecule has 1 aromatic rings. The van der Waals surface area contributed by atoms with E-state index < -0.39 is 6.16 Å². The molecule has 0 unspecified atom stereocenters. The monoisotopic (exact) mass is 267 g/mol. The Kier molecular flexibility index (Phi) is 6.57. The second-order valence-corrected chi connectivity index (χ2v) is 4.17. The van der Waals surface area contributed by atoms with E-state index in [4.69, 9.17) is 19.9 Å². The fraction of sp³-hybridized carbons (Fsp3) is 0.500. The molecular formula is C14H21NO4. The molecule has 0 amide bonds. The summed E-state index contributed by atoms with van der Waals surface area (Å²) in [5.74, 6) is 0.707. The Morgan fingerprint density at radius 2 is 2.00 bits per heavy atom. The number of benzene rings is 1. The van der Waals surface area contributed by atoms with Crippen molar-refractivity contribution in [2.24, 2.45) is 0 Å². The molecule has 0 saturated carbocycles. The molecular weight excluding hydrogens is 246 g/mol. The molecule has 0 fully saturated rings. The summed E-state index contributed by atoms with van der Waals surface area (Å²) in [6.07, 6.45) is 3.47. The van der Waals surface area contributed by atoms with Gasteiger partial charge in [-0.05, 0) is 18.6 Å². The number of nitrogens with two attached hydrogens (primary N) is 1. The lowest BCUT2D eigenvalue weighted by Gasteiger charge is -2.09. The molecule has 5 heteroatoms. The van der Waals surface area contributed by atoms with Crippen LogP contribution in [0.4, 0.5) is 10.5 Å². The molecule has 2 N–H and O–H groups in total. The molecule has 1 rings (SSSR count). The van der Waals surface area contributed by atoms with Gasteiger partial charge in [0.1, 0.15) is 0 Å². The Morgan fingerprint density at radius 3 is 2.68 bits per heavy atom. The lowest BCUT2D eigenvalue weighted by atomic mass is 10.2. The predicted molar refractivity (Wildman–Crippen MR) is 73.5 cm³/mol. The summed E-state index contributed by atoms with van der Waals surface area (Å²) >= 11 is 0. The Balaban J connectivity index is 2.39. The highest BCUT2D eigenvalue weighted by atomic mass is 16.7. The highest BCUT2D eigenvalue weighted by molar-refractivity contribution is 5.66. The first-order chi connectivity index (χ1) is 9.17. The molecule has 0 saturated heterocycles. The van der Waals surface area contributed by atoms with Crippen molar-refractivity contribution in [1.82, 2.24) is 0 Å². The molecule has 1 aromatic carbocycles. The zero-order valence-electron chi connectivity index (χ0n) is 11.5. The molecule has 0 bridgehead atoms. The van der Waals surface area contributed by atoms with Crippen LogP contribution >= 0.6 is 0 Å². The van der Waals surface area contributed by atoms with Gasteiger partial charge in [-0.15, -0.1) is 0 Å². The fourth-order valence-corrected chi connectivity index (χ4v) is 1.57. The average molecular weight is 267 g/mol. The molecule has 0 aromatic heterocycles. The Morgan fingerprint density at radius 1 is 1.21 bits per heavy atom. The van der Waals surface area contributed by atoms with E-state index in [0.29, 0.717) is 23.8 Å². The van der Waals surface area contributed by atoms with Gasteiger partial charge in [0.05, 0.1) is 13.7 Å². The predicted octanol–water partition coefficient (Wildman–Crippen LogP) is 3.37. The number of ether oxygens (including phenoxy) is 3. The quantitative estimate of drug-likeness (QED) is 0.355. The number of methoxy groups -OCH3 is 1. The first-order valence-corrected chi connectivity index (χ1v) is 6.45. The summed E-state index contributed by atoms with van der Waals surface area (Å²) in [5.41, 5.74) is 6.15. The minimum absolute atomic E-state index is 0.301. The number of rotatable bonds is 7. The molecule has 0 aliphatic heterocycles. The normalized spacial score (nSPS) is 10.0. The van der Waals surface area contributed by atoms with Crippen LogP contribution in [0.1, 0.15) is 32.6 Å². The van der Waals surface area contributed by atoms with E-state index in [2.05, 4.69) is 6.92 Å². The summed E-state index contributed by atoms with van der Waals surface area (Å²) in [7, 11) is 1.48. The van der Waals surface area contributed by atoms with Crippen LogP contribution in [0.5, 0.6) is 11.5 Å². The summed E-state index contributed by atoms with van der Waals surface area (Å²) in [6.45, 7) is 2.50. The fourth-order valence-electron chi connectivity index (χ4n) is 1.57. The van der Waals surface area contributed by atoms with E-state index in [1.165, 1.54) is 7.11 Å². The highest BCUT2D eigenvalue weighted by Crippen LogP contribution is 2.29. The van der Waals surface area contributed by atoms with Crippen molar-refractivity contribution in [3.05, 3.63) is 18.2 Å². The first-order valence-electron chi connectivity index (χ1n) is 6.45. The lowest BCUT2D eigenvalue weighted by Crippen LogP contribution is -2.12. The molecule has 0 aliphatic carbocycles. The minimum atomic E-state index is -0.723. The first kappa shape index (κ1) is 15.1. The van der Waals surface area contributed by atoms with Crippen molar-refractivity contribution in [2.75, 3.05) is 19.5 Å². The minimum Gasteiger partial charge on any atom is -0.493 e. The van der Waals surface area contributed by atoms with E-state index in [1.807, 2.05) is 0 Å². The largest absolute Gasteiger partial charge is 0.513 e. The van der Waals surface area contributed by atoms with Crippen LogP contribution < -0.4 is 15.2 Å². The molecule has 5 nitrogen and oxygen atoms in total. The van der Waals surface area contributed by atoms with Crippen molar-refractivity contribution in [3.8, 4) is 11.5 Å². The van der Waals surface area contributed by atoms with E-state index in [0.717, 1.165) is 25.7 Å². The maximum Gasteiger partial charge on any atom is 0.513 e. The van der Waals surface area contributed by atoms with Crippen LogP contribution in [0.15, 0.2) is 18.2 Å². The van der Waals surface area contributed by atoms with Gasteiger partial charge in [-0.3, -0.25) is 0 Å². The van der Waals surface area contributed by atoms with Gasteiger partial charge in [0, 0.05) is 11.8 Å². The summed E-state index contributed by atoms with van der Waals surface area (Å²) in [4.78, 5) is 11.5. The van der Waals surface area contributed by atoms with Gasteiger partial charge in [0.2, 0.25) is 0 Å². The summed E-state index contributed by atoms with van der Waals surface area (Å²) in [5, 5.41) is 0. The van der Waals surface area contributed by atoms with E-state index in [9.17, 15) is 4.79 Å². The van der Waals surface area contributed by atoms with Gasteiger partial charge >= 0.3 is 6.16 Å². The Hall–Kier alpha value is -1.91.